The molecule has 0 spiro atoms. The zero-order valence-corrected chi connectivity index (χ0v) is 10.8. The second-order valence-electron chi connectivity index (χ2n) is 5.09. The lowest BCUT2D eigenvalue weighted by molar-refractivity contribution is 0.183. The van der Waals surface area contributed by atoms with E-state index in [1.54, 1.807) is 0 Å². The molecule has 0 aromatic heterocycles. The van der Waals surface area contributed by atoms with E-state index < -0.39 is 9.84 Å². The molecule has 1 N–H and O–H groups in total. The van der Waals surface area contributed by atoms with Crippen LogP contribution < -0.4 is 5.32 Å². The molecule has 1 unspecified atom stereocenters. The van der Waals surface area contributed by atoms with Crippen LogP contribution in [0.2, 0.25) is 0 Å². The highest BCUT2D eigenvalue weighted by molar-refractivity contribution is 7.91. The molecule has 0 aromatic rings. The van der Waals surface area contributed by atoms with Crippen molar-refractivity contribution in [3.63, 3.8) is 0 Å². The lowest BCUT2D eigenvalue weighted by Crippen LogP contribution is -2.45. The quantitative estimate of drug-likeness (QED) is 0.720. The molecule has 2 aliphatic rings. The van der Waals surface area contributed by atoms with Crippen molar-refractivity contribution < 1.29 is 8.42 Å². The summed E-state index contributed by atoms with van der Waals surface area (Å²) < 4.78 is 22.8. The molecule has 2 heterocycles. The van der Waals surface area contributed by atoms with Gasteiger partial charge >= 0.3 is 0 Å². The van der Waals surface area contributed by atoms with Gasteiger partial charge in [0.15, 0.2) is 0 Å². The fraction of sp³-hybridized carbons (Fsp3) is 1.00. The number of nitrogens with zero attached hydrogens (tertiary/aromatic N) is 1. The van der Waals surface area contributed by atoms with Gasteiger partial charge < -0.3 is 5.32 Å². The maximum absolute atomic E-state index is 11.4. The lowest BCUT2D eigenvalue weighted by atomic mass is 10.1. The van der Waals surface area contributed by atoms with Crippen molar-refractivity contribution in [2.45, 2.75) is 38.3 Å². The second kappa shape index (κ2) is 5.02. The number of hydrogen-bond donors (Lipinski definition) is 1. The van der Waals surface area contributed by atoms with Crippen molar-refractivity contribution in [2.75, 3.05) is 31.1 Å². The molecule has 2 aliphatic heterocycles. The number of hydrogen-bond acceptors (Lipinski definition) is 4. The van der Waals surface area contributed by atoms with Crippen molar-refractivity contribution in [3.8, 4) is 0 Å². The molecule has 1 atom stereocenters. The normalized spacial score (nSPS) is 33.4. The van der Waals surface area contributed by atoms with E-state index in [1.165, 1.54) is 6.42 Å². The molecular formula is C11H22N2O2S. The Kier molecular flexibility index (Phi) is 3.87. The summed E-state index contributed by atoms with van der Waals surface area (Å²) in [7, 11) is -2.72. The third-order valence-electron chi connectivity index (χ3n) is 3.66. The molecule has 0 amide bonds. The summed E-state index contributed by atoms with van der Waals surface area (Å²) in [6.45, 7) is 5.47. The van der Waals surface area contributed by atoms with Gasteiger partial charge in [-0.1, -0.05) is 0 Å². The van der Waals surface area contributed by atoms with Crippen molar-refractivity contribution in [1.29, 1.82) is 0 Å². The predicted molar refractivity (Wildman–Crippen MR) is 65.3 cm³/mol. The van der Waals surface area contributed by atoms with E-state index in [2.05, 4.69) is 17.1 Å². The minimum Gasteiger partial charge on any atom is -0.313 e. The summed E-state index contributed by atoms with van der Waals surface area (Å²) in [6.07, 6.45) is 2.83. The van der Waals surface area contributed by atoms with Gasteiger partial charge in [-0.15, -0.1) is 0 Å². The first-order valence-electron chi connectivity index (χ1n) is 6.25. The molecular weight excluding hydrogens is 224 g/mol. The molecule has 2 saturated heterocycles. The van der Waals surface area contributed by atoms with E-state index in [-0.39, 0.29) is 0 Å². The fourth-order valence-electron chi connectivity index (χ4n) is 2.71. The zero-order valence-electron chi connectivity index (χ0n) is 9.98. The minimum absolute atomic E-state index is 0.385. The van der Waals surface area contributed by atoms with Crippen LogP contribution in [0.25, 0.3) is 0 Å². The van der Waals surface area contributed by atoms with Gasteiger partial charge in [-0.05, 0) is 39.3 Å². The van der Waals surface area contributed by atoms with Gasteiger partial charge in [0.05, 0.1) is 11.5 Å². The van der Waals surface area contributed by atoms with Gasteiger partial charge in [-0.3, -0.25) is 4.90 Å². The number of rotatable bonds is 1. The van der Waals surface area contributed by atoms with E-state index in [9.17, 15) is 8.42 Å². The van der Waals surface area contributed by atoms with Gasteiger partial charge in [0.2, 0.25) is 0 Å². The Bertz CT molecular complexity index is 315. The standard InChI is InChI=1S/C11H22N2O2S/c1-10-9-13(6-2-5-12-10)11-3-7-16(14,15)8-4-11/h10-12H,2-9H2,1H3. The molecule has 2 rings (SSSR count). The molecule has 94 valence electrons. The Morgan fingerprint density at radius 3 is 2.62 bits per heavy atom. The lowest BCUT2D eigenvalue weighted by Gasteiger charge is -2.34. The first kappa shape index (κ1) is 12.3. The molecule has 0 aliphatic carbocycles. The van der Waals surface area contributed by atoms with Gasteiger partial charge in [0.1, 0.15) is 9.84 Å². The SMILES string of the molecule is CC1CN(C2CCS(=O)(=O)CC2)CCCN1. The number of sulfone groups is 1. The van der Waals surface area contributed by atoms with Crippen LogP contribution in [0, 0.1) is 0 Å². The minimum atomic E-state index is -2.72. The van der Waals surface area contributed by atoms with Crippen molar-refractivity contribution >= 4 is 9.84 Å². The smallest absolute Gasteiger partial charge is 0.150 e. The average Bonchev–Trinajstić information content (AvgIpc) is 2.43. The van der Waals surface area contributed by atoms with Crippen LogP contribution in [0.3, 0.4) is 0 Å². The van der Waals surface area contributed by atoms with Crippen LogP contribution in [0.1, 0.15) is 26.2 Å². The Morgan fingerprint density at radius 2 is 1.94 bits per heavy atom. The molecule has 0 aromatic carbocycles. The highest BCUT2D eigenvalue weighted by atomic mass is 32.2. The molecule has 5 heteroatoms. The molecule has 16 heavy (non-hydrogen) atoms. The molecule has 0 radical (unpaired) electrons. The molecule has 2 fully saturated rings. The Morgan fingerprint density at radius 1 is 1.25 bits per heavy atom. The number of nitrogens with one attached hydrogen (secondary N) is 1. The van der Waals surface area contributed by atoms with Gasteiger partial charge in [0, 0.05) is 18.6 Å². The van der Waals surface area contributed by atoms with Gasteiger partial charge in [-0.2, -0.15) is 0 Å². The molecule has 0 bridgehead atoms. The van der Waals surface area contributed by atoms with E-state index >= 15 is 0 Å². The summed E-state index contributed by atoms with van der Waals surface area (Å²) >= 11 is 0. The largest absolute Gasteiger partial charge is 0.313 e. The van der Waals surface area contributed by atoms with Crippen molar-refractivity contribution in [2.24, 2.45) is 0 Å². The Balaban J connectivity index is 1.92. The highest BCUT2D eigenvalue weighted by Crippen LogP contribution is 2.19. The Hall–Kier alpha value is -0.130. The summed E-state index contributed by atoms with van der Waals surface area (Å²) in [5, 5.41) is 3.47. The molecule has 0 saturated carbocycles. The highest BCUT2D eigenvalue weighted by Gasteiger charge is 2.29. The van der Waals surface area contributed by atoms with Crippen LogP contribution in [0.5, 0.6) is 0 Å². The summed E-state index contributed by atoms with van der Waals surface area (Å²) in [5.74, 6) is 0.770. The van der Waals surface area contributed by atoms with Crippen LogP contribution in [-0.2, 0) is 9.84 Å². The maximum Gasteiger partial charge on any atom is 0.150 e. The first-order valence-corrected chi connectivity index (χ1v) is 8.07. The van der Waals surface area contributed by atoms with E-state index in [4.69, 9.17) is 0 Å². The zero-order chi connectivity index (χ0) is 11.6. The maximum atomic E-state index is 11.4. The van der Waals surface area contributed by atoms with Gasteiger partial charge in [-0.25, -0.2) is 8.42 Å². The van der Waals surface area contributed by atoms with E-state index in [0.717, 1.165) is 32.5 Å². The predicted octanol–water partition coefficient (Wildman–Crippen LogP) is 0.247. The monoisotopic (exact) mass is 246 g/mol. The van der Waals surface area contributed by atoms with Crippen LogP contribution in [-0.4, -0.2) is 56.5 Å². The first-order chi connectivity index (χ1) is 7.57. The average molecular weight is 246 g/mol. The summed E-state index contributed by atoms with van der Waals surface area (Å²) in [6, 6.07) is 1.02. The summed E-state index contributed by atoms with van der Waals surface area (Å²) in [5.41, 5.74) is 0. The fourth-order valence-corrected chi connectivity index (χ4v) is 4.18. The van der Waals surface area contributed by atoms with Crippen LogP contribution in [0.4, 0.5) is 0 Å². The third-order valence-corrected chi connectivity index (χ3v) is 5.38. The Labute approximate surface area is 98.3 Å². The van der Waals surface area contributed by atoms with Crippen molar-refractivity contribution in [3.05, 3.63) is 0 Å². The van der Waals surface area contributed by atoms with Gasteiger partial charge in [0.25, 0.3) is 0 Å². The van der Waals surface area contributed by atoms with E-state index in [0.29, 0.717) is 23.6 Å². The second-order valence-corrected chi connectivity index (χ2v) is 7.39. The van der Waals surface area contributed by atoms with Crippen LogP contribution >= 0.6 is 0 Å². The third kappa shape index (κ3) is 3.18. The van der Waals surface area contributed by atoms with E-state index in [1.807, 2.05) is 0 Å². The summed E-state index contributed by atoms with van der Waals surface area (Å²) in [4.78, 5) is 2.49. The van der Waals surface area contributed by atoms with Crippen molar-refractivity contribution in [1.82, 2.24) is 10.2 Å². The van der Waals surface area contributed by atoms with Crippen LogP contribution in [0.15, 0.2) is 0 Å². The molecule has 4 nitrogen and oxygen atoms in total. The topological polar surface area (TPSA) is 49.4 Å².